The van der Waals surface area contributed by atoms with Gasteiger partial charge < -0.3 is 4.74 Å². The van der Waals surface area contributed by atoms with E-state index in [9.17, 15) is 19.7 Å². The monoisotopic (exact) mass is 392 g/mol. The molecule has 0 bridgehead atoms. The third kappa shape index (κ3) is 3.57. The molecule has 1 atom stereocenters. The molecule has 0 saturated carbocycles. The quantitative estimate of drug-likeness (QED) is 0.374. The topological polar surface area (TPSA) is 109 Å². The Hall–Kier alpha value is -4.01. The largest absolute Gasteiger partial charge is 0.456 e. The van der Waals surface area contributed by atoms with E-state index in [-0.39, 0.29) is 18.7 Å². The van der Waals surface area contributed by atoms with Gasteiger partial charge in [0, 0.05) is 18.7 Å². The highest BCUT2D eigenvalue weighted by Crippen LogP contribution is 2.17. The van der Waals surface area contributed by atoms with Crippen molar-refractivity contribution in [1.29, 1.82) is 0 Å². The first-order valence-corrected chi connectivity index (χ1v) is 8.88. The summed E-state index contributed by atoms with van der Waals surface area (Å²) < 4.78 is 8.11. The number of nitro groups is 1. The first-order chi connectivity index (χ1) is 14.0. The van der Waals surface area contributed by atoms with Crippen LogP contribution >= 0.6 is 0 Å². The lowest BCUT2D eigenvalue weighted by atomic mass is 10.1. The molecule has 0 amide bonds. The predicted octanol–water partition coefficient (Wildman–Crippen LogP) is 2.22. The molecule has 1 aliphatic carbocycles. The number of rotatable bonds is 5. The molecule has 29 heavy (non-hydrogen) atoms. The zero-order chi connectivity index (χ0) is 20.4. The van der Waals surface area contributed by atoms with Crippen molar-refractivity contribution in [3.8, 4) is 5.69 Å². The Morgan fingerprint density at radius 2 is 2.03 bits per heavy atom. The number of carbonyl (C=O) groups is 1. The Balaban J connectivity index is 1.60. The number of ether oxygens (including phenoxy) is 1. The second-order valence-electron chi connectivity index (χ2n) is 6.40. The van der Waals surface area contributed by atoms with Crippen LogP contribution in [0.3, 0.4) is 0 Å². The SMILES string of the molecule is O=C(Cn1c(=O)n(-c2ccccc2)c2ncccc21)OC1C=CC([N+](=O)[O-])=CC1. The molecule has 0 saturated heterocycles. The average molecular weight is 392 g/mol. The van der Waals surface area contributed by atoms with Crippen LogP contribution in [0.1, 0.15) is 6.42 Å². The Labute approximate surface area is 164 Å². The van der Waals surface area contributed by atoms with Crippen molar-refractivity contribution in [3.63, 3.8) is 0 Å². The molecule has 3 aromatic rings. The highest BCUT2D eigenvalue weighted by atomic mass is 16.6. The third-order valence-electron chi connectivity index (χ3n) is 4.53. The summed E-state index contributed by atoms with van der Waals surface area (Å²) in [6.07, 6.45) is 5.35. The maximum absolute atomic E-state index is 13.0. The first-order valence-electron chi connectivity index (χ1n) is 8.88. The van der Waals surface area contributed by atoms with Crippen molar-refractivity contribution in [3.05, 3.63) is 93.2 Å². The van der Waals surface area contributed by atoms with Crippen LogP contribution in [0.5, 0.6) is 0 Å². The van der Waals surface area contributed by atoms with E-state index >= 15 is 0 Å². The van der Waals surface area contributed by atoms with Crippen molar-refractivity contribution >= 4 is 17.1 Å². The fourth-order valence-electron chi connectivity index (χ4n) is 3.20. The molecule has 0 spiro atoms. The van der Waals surface area contributed by atoms with E-state index in [0.717, 1.165) is 0 Å². The van der Waals surface area contributed by atoms with Crippen molar-refractivity contribution in [2.45, 2.75) is 19.1 Å². The summed E-state index contributed by atoms with van der Waals surface area (Å²) >= 11 is 0. The van der Waals surface area contributed by atoms with Gasteiger partial charge in [-0.2, -0.15) is 0 Å². The number of hydrogen-bond acceptors (Lipinski definition) is 6. The maximum atomic E-state index is 13.0. The zero-order valence-electron chi connectivity index (χ0n) is 15.2. The van der Waals surface area contributed by atoms with Crippen LogP contribution in [-0.2, 0) is 16.1 Å². The van der Waals surface area contributed by atoms with Gasteiger partial charge in [-0.25, -0.2) is 14.3 Å². The highest BCUT2D eigenvalue weighted by molar-refractivity contribution is 5.77. The molecule has 2 heterocycles. The van der Waals surface area contributed by atoms with Crippen molar-refractivity contribution in [2.75, 3.05) is 0 Å². The molecule has 0 radical (unpaired) electrons. The number of fused-ring (bicyclic) bond motifs is 1. The van der Waals surface area contributed by atoms with Crippen LogP contribution in [-0.4, -0.2) is 31.1 Å². The molecule has 1 aliphatic rings. The Bertz CT molecular complexity index is 1210. The average Bonchev–Trinajstić information content (AvgIpc) is 3.00. The smallest absolute Gasteiger partial charge is 0.335 e. The predicted molar refractivity (Wildman–Crippen MR) is 104 cm³/mol. The maximum Gasteiger partial charge on any atom is 0.335 e. The number of imidazole rings is 1. The van der Waals surface area contributed by atoms with E-state index in [1.54, 1.807) is 30.5 Å². The number of hydrogen-bond donors (Lipinski definition) is 0. The van der Waals surface area contributed by atoms with Gasteiger partial charge in [-0.05, 0) is 36.4 Å². The Morgan fingerprint density at radius 3 is 2.72 bits per heavy atom. The van der Waals surface area contributed by atoms with Crippen LogP contribution in [0.4, 0.5) is 0 Å². The second kappa shape index (κ2) is 7.55. The number of aromatic nitrogens is 3. The van der Waals surface area contributed by atoms with Crippen LogP contribution < -0.4 is 5.69 Å². The standard InChI is InChI=1S/C20H16N4O5/c25-18(29-16-10-8-15(9-11-16)24(27)28)13-22-17-7-4-12-21-19(17)23(20(22)26)14-5-2-1-3-6-14/h1-10,12,16H,11,13H2. The number of pyridine rings is 1. The summed E-state index contributed by atoms with van der Waals surface area (Å²) in [7, 11) is 0. The van der Waals surface area contributed by atoms with E-state index in [1.165, 1.54) is 27.4 Å². The number of benzene rings is 1. The summed E-state index contributed by atoms with van der Waals surface area (Å²) in [6.45, 7) is -0.295. The van der Waals surface area contributed by atoms with Crippen LogP contribution in [0.25, 0.3) is 16.9 Å². The molecule has 9 heteroatoms. The van der Waals surface area contributed by atoms with Gasteiger partial charge in [-0.1, -0.05) is 18.2 Å². The van der Waals surface area contributed by atoms with Gasteiger partial charge in [0.15, 0.2) is 5.65 Å². The van der Waals surface area contributed by atoms with E-state index in [0.29, 0.717) is 16.9 Å². The molecule has 1 unspecified atom stereocenters. The second-order valence-corrected chi connectivity index (χ2v) is 6.40. The van der Waals surface area contributed by atoms with Crippen LogP contribution in [0.2, 0.25) is 0 Å². The van der Waals surface area contributed by atoms with Crippen molar-refractivity contribution in [1.82, 2.24) is 14.1 Å². The van der Waals surface area contributed by atoms with E-state index in [2.05, 4.69) is 4.98 Å². The summed E-state index contributed by atoms with van der Waals surface area (Å²) in [5, 5.41) is 10.7. The van der Waals surface area contributed by atoms with Crippen molar-refractivity contribution in [2.24, 2.45) is 0 Å². The lowest BCUT2D eigenvalue weighted by Gasteiger charge is -2.14. The summed E-state index contributed by atoms with van der Waals surface area (Å²) in [5.74, 6) is -0.615. The van der Waals surface area contributed by atoms with Gasteiger partial charge in [0.2, 0.25) is 0 Å². The first kappa shape index (κ1) is 18.4. The van der Waals surface area contributed by atoms with Gasteiger partial charge in [0.1, 0.15) is 12.6 Å². The number of para-hydroxylation sites is 1. The van der Waals surface area contributed by atoms with E-state index in [4.69, 9.17) is 4.74 Å². The van der Waals surface area contributed by atoms with Gasteiger partial charge in [0.25, 0.3) is 5.70 Å². The number of nitrogens with zero attached hydrogens (tertiary/aromatic N) is 4. The third-order valence-corrected chi connectivity index (χ3v) is 4.53. The zero-order valence-corrected chi connectivity index (χ0v) is 15.2. The molecule has 9 nitrogen and oxygen atoms in total. The van der Waals surface area contributed by atoms with E-state index < -0.39 is 22.7 Å². The summed E-state index contributed by atoms with van der Waals surface area (Å²) in [6, 6.07) is 12.4. The normalized spacial score (nSPS) is 15.9. The highest BCUT2D eigenvalue weighted by Gasteiger charge is 2.21. The fraction of sp³-hybridized carbons (Fsp3) is 0.150. The fourth-order valence-corrected chi connectivity index (χ4v) is 3.20. The minimum Gasteiger partial charge on any atom is -0.456 e. The van der Waals surface area contributed by atoms with Crippen LogP contribution in [0.15, 0.2) is 77.4 Å². The van der Waals surface area contributed by atoms with Crippen LogP contribution in [0, 0.1) is 10.1 Å². The minimum atomic E-state index is -0.615. The number of esters is 1. The molecule has 4 rings (SSSR count). The minimum absolute atomic E-state index is 0.0366. The molecular weight excluding hydrogens is 376 g/mol. The van der Waals surface area contributed by atoms with Gasteiger partial charge in [0.05, 0.1) is 16.1 Å². The molecule has 0 N–H and O–H groups in total. The summed E-state index contributed by atoms with van der Waals surface area (Å²) in [5.41, 5.74) is 1.14. The lowest BCUT2D eigenvalue weighted by Crippen LogP contribution is -2.29. The molecule has 0 fully saturated rings. The molecule has 1 aromatic carbocycles. The number of carbonyl (C=O) groups excluding carboxylic acids is 1. The molecule has 0 aliphatic heterocycles. The summed E-state index contributed by atoms with van der Waals surface area (Å²) in [4.78, 5) is 40.0. The Morgan fingerprint density at radius 1 is 1.24 bits per heavy atom. The van der Waals surface area contributed by atoms with Gasteiger partial charge in [-0.15, -0.1) is 0 Å². The lowest BCUT2D eigenvalue weighted by molar-refractivity contribution is -0.419. The Kier molecular flexibility index (Phi) is 4.78. The number of allylic oxidation sites excluding steroid dienone is 1. The molecule has 2 aromatic heterocycles. The van der Waals surface area contributed by atoms with E-state index in [1.807, 2.05) is 18.2 Å². The van der Waals surface area contributed by atoms with Gasteiger partial charge in [-0.3, -0.25) is 19.5 Å². The molecular formula is C20H16N4O5. The molecule has 146 valence electrons. The van der Waals surface area contributed by atoms with Crippen molar-refractivity contribution < 1.29 is 14.5 Å². The van der Waals surface area contributed by atoms with Gasteiger partial charge >= 0.3 is 11.7 Å².